The Kier molecular flexibility index (Phi) is 7.45. The molecule has 0 amide bonds. The molecule has 1 aliphatic heterocycles. The van der Waals surface area contributed by atoms with Crippen molar-refractivity contribution in [2.75, 3.05) is 6.61 Å². The maximum Gasteiger partial charge on any atom is 0.151 e. The summed E-state index contributed by atoms with van der Waals surface area (Å²) < 4.78 is 4.71. The minimum absolute atomic E-state index is 0.522. The van der Waals surface area contributed by atoms with E-state index in [1.807, 2.05) is 0 Å². The monoisotopic (exact) mass is 176 g/mol. The van der Waals surface area contributed by atoms with Crippen LogP contribution >= 0.6 is 0 Å². The van der Waals surface area contributed by atoms with Crippen LogP contribution in [-0.4, -0.2) is 29.2 Å². The third-order valence-corrected chi connectivity index (χ3v) is 1.57. The molecule has 0 saturated carbocycles. The van der Waals surface area contributed by atoms with Crippen molar-refractivity contribution in [1.82, 2.24) is 0 Å². The number of ether oxygens (including phenoxy) is 1. The highest BCUT2D eigenvalue weighted by Crippen LogP contribution is 2.04. The average Bonchev–Trinajstić information content (AvgIpc) is 2.73. The van der Waals surface area contributed by atoms with Crippen molar-refractivity contribution in [3.8, 4) is 0 Å². The summed E-state index contributed by atoms with van der Waals surface area (Å²) in [6, 6.07) is 0. The quantitative estimate of drug-likeness (QED) is 0.385. The van der Waals surface area contributed by atoms with Crippen LogP contribution in [0, 0.1) is 0 Å². The number of hydrogen-bond acceptors (Lipinski definition) is 3. The Labute approximate surface area is 74.4 Å². The van der Waals surface area contributed by atoms with Crippen molar-refractivity contribution in [2.45, 2.75) is 51.9 Å². The van der Waals surface area contributed by atoms with Gasteiger partial charge in [-0.15, -0.1) is 0 Å². The van der Waals surface area contributed by atoms with E-state index in [1.54, 1.807) is 0 Å². The van der Waals surface area contributed by atoms with Crippen LogP contribution in [0.3, 0.4) is 0 Å². The van der Waals surface area contributed by atoms with E-state index in [0.717, 1.165) is 25.9 Å². The molecule has 1 heterocycles. The van der Waals surface area contributed by atoms with Gasteiger partial charge >= 0.3 is 0 Å². The maximum atomic E-state index is 8.33. The number of epoxide rings is 1. The van der Waals surface area contributed by atoms with Gasteiger partial charge in [-0.3, -0.25) is 0 Å². The third kappa shape index (κ3) is 12.5. The molecule has 0 aliphatic carbocycles. The summed E-state index contributed by atoms with van der Waals surface area (Å²) in [6.45, 7) is 5.13. The van der Waals surface area contributed by atoms with E-state index in [9.17, 15) is 0 Å². The van der Waals surface area contributed by atoms with E-state index in [2.05, 4.69) is 13.8 Å². The number of aliphatic hydroxyl groups is 2. The second kappa shape index (κ2) is 7.53. The molecule has 1 fully saturated rings. The smallest absolute Gasteiger partial charge is 0.151 e. The topological polar surface area (TPSA) is 53.0 Å². The molecule has 1 rings (SSSR count). The fraction of sp³-hybridized carbons (Fsp3) is 1.00. The predicted molar refractivity (Wildman–Crippen MR) is 47.8 cm³/mol. The molecule has 1 atom stereocenters. The molecule has 1 aliphatic rings. The van der Waals surface area contributed by atoms with Crippen molar-refractivity contribution < 1.29 is 14.9 Å². The van der Waals surface area contributed by atoms with Crippen LogP contribution in [0.4, 0.5) is 0 Å². The van der Waals surface area contributed by atoms with Crippen LogP contribution in [0.15, 0.2) is 0 Å². The van der Waals surface area contributed by atoms with Crippen LogP contribution in [0.1, 0.15) is 39.5 Å². The summed E-state index contributed by atoms with van der Waals surface area (Å²) in [4.78, 5) is 0. The van der Waals surface area contributed by atoms with Gasteiger partial charge in [0.25, 0.3) is 0 Å². The first kappa shape index (κ1) is 11.9. The van der Waals surface area contributed by atoms with E-state index < -0.39 is 6.29 Å². The average molecular weight is 176 g/mol. The zero-order chi connectivity index (χ0) is 9.40. The Morgan fingerprint density at radius 2 is 1.92 bits per heavy atom. The molecule has 0 aromatic rings. The summed E-state index contributed by atoms with van der Waals surface area (Å²) >= 11 is 0. The molecule has 0 bridgehead atoms. The lowest BCUT2D eigenvalue weighted by Gasteiger charge is -1.99. The van der Waals surface area contributed by atoms with E-state index in [1.165, 1.54) is 0 Å². The Hall–Kier alpha value is -0.120. The second-order valence-corrected chi connectivity index (χ2v) is 3.12. The zero-order valence-corrected chi connectivity index (χ0v) is 7.99. The second-order valence-electron chi connectivity index (χ2n) is 3.12. The van der Waals surface area contributed by atoms with Crippen LogP contribution in [0.25, 0.3) is 0 Å². The van der Waals surface area contributed by atoms with E-state index in [-0.39, 0.29) is 0 Å². The van der Waals surface area contributed by atoms with Crippen LogP contribution in [0.5, 0.6) is 0 Å². The van der Waals surface area contributed by atoms with Crippen molar-refractivity contribution in [3.63, 3.8) is 0 Å². The van der Waals surface area contributed by atoms with Crippen molar-refractivity contribution in [3.05, 3.63) is 0 Å². The highest BCUT2D eigenvalue weighted by molar-refractivity contribution is 4.58. The maximum absolute atomic E-state index is 8.33. The fourth-order valence-corrected chi connectivity index (χ4v) is 0.673. The van der Waals surface area contributed by atoms with E-state index >= 15 is 0 Å². The Morgan fingerprint density at radius 1 is 1.42 bits per heavy atom. The first-order valence-electron chi connectivity index (χ1n) is 4.64. The Bertz CT molecular complexity index is 89.8. The highest BCUT2D eigenvalue weighted by Gasteiger charge is 2.13. The van der Waals surface area contributed by atoms with Crippen LogP contribution in [0.2, 0.25) is 0 Å². The summed E-state index contributed by atoms with van der Waals surface area (Å²) in [5.41, 5.74) is 0. The number of rotatable bonds is 4. The highest BCUT2D eigenvalue weighted by atomic mass is 16.6. The molecule has 3 nitrogen and oxygen atoms in total. The lowest BCUT2D eigenvalue weighted by atomic mass is 10.2. The summed E-state index contributed by atoms with van der Waals surface area (Å²) in [6.07, 6.45) is 3.16. The minimum Gasteiger partial charge on any atom is -0.373 e. The molecule has 3 heteroatoms. The first-order valence-corrected chi connectivity index (χ1v) is 4.64. The molecule has 0 radical (unpaired) electrons. The van der Waals surface area contributed by atoms with Gasteiger partial charge in [0.05, 0.1) is 12.7 Å². The van der Waals surface area contributed by atoms with Crippen molar-refractivity contribution in [1.29, 1.82) is 0 Å². The van der Waals surface area contributed by atoms with Gasteiger partial charge in [0.1, 0.15) is 0 Å². The normalized spacial score (nSPS) is 20.2. The summed E-state index contributed by atoms with van der Waals surface area (Å²) in [5.74, 6) is 0. The molecule has 74 valence electrons. The lowest BCUT2D eigenvalue weighted by Crippen LogP contribution is -2.02. The minimum atomic E-state index is -1.10. The van der Waals surface area contributed by atoms with Gasteiger partial charge in [-0.1, -0.05) is 19.8 Å². The molecule has 1 unspecified atom stereocenters. The number of aliphatic hydroxyl groups excluding tert-OH is 1. The molecule has 0 aromatic carbocycles. The summed E-state index contributed by atoms with van der Waals surface area (Å²) in [7, 11) is 0. The molecule has 0 aromatic heterocycles. The third-order valence-electron chi connectivity index (χ3n) is 1.57. The van der Waals surface area contributed by atoms with Crippen LogP contribution < -0.4 is 0 Å². The number of unbranched alkanes of at least 4 members (excludes halogenated alkanes) is 2. The van der Waals surface area contributed by atoms with Gasteiger partial charge in [0.2, 0.25) is 0 Å². The standard InChI is InChI=1S/C6H14O2.C3H6O/c1-2-3-4-5-6(7)8;1-3-2-4-3/h6-8H,2-5H2,1H3;3H,2H2,1H3. The zero-order valence-electron chi connectivity index (χ0n) is 7.99. The molecule has 2 N–H and O–H groups in total. The van der Waals surface area contributed by atoms with Crippen molar-refractivity contribution >= 4 is 0 Å². The SMILES string of the molecule is CC1CO1.CCCCCC(O)O. The Balaban J connectivity index is 0.000000247. The molecule has 12 heavy (non-hydrogen) atoms. The first-order chi connectivity index (χ1) is 5.66. The van der Waals surface area contributed by atoms with Gasteiger partial charge in [0, 0.05) is 0 Å². The predicted octanol–water partition coefficient (Wildman–Crippen LogP) is 1.28. The van der Waals surface area contributed by atoms with E-state index in [4.69, 9.17) is 14.9 Å². The molecule has 0 spiro atoms. The molecular weight excluding hydrogens is 156 g/mol. The van der Waals surface area contributed by atoms with Gasteiger partial charge < -0.3 is 14.9 Å². The fourth-order valence-electron chi connectivity index (χ4n) is 0.673. The molecular formula is C9H20O3. The van der Waals surface area contributed by atoms with E-state index in [0.29, 0.717) is 12.5 Å². The molecule has 1 saturated heterocycles. The number of hydrogen-bond donors (Lipinski definition) is 2. The van der Waals surface area contributed by atoms with Gasteiger partial charge in [0.15, 0.2) is 6.29 Å². The van der Waals surface area contributed by atoms with Gasteiger partial charge in [-0.2, -0.15) is 0 Å². The van der Waals surface area contributed by atoms with Crippen molar-refractivity contribution in [2.24, 2.45) is 0 Å². The largest absolute Gasteiger partial charge is 0.373 e. The lowest BCUT2D eigenvalue weighted by molar-refractivity contribution is -0.0465. The Morgan fingerprint density at radius 3 is 2.17 bits per heavy atom. The van der Waals surface area contributed by atoms with Gasteiger partial charge in [-0.05, 0) is 19.8 Å². The van der Waals surface area contributed by atoms with Gasteiger partial charge in [-0.25, -0.2) is 0 Å². The van der Waals surface area contributed by atoms with Crippen LogP contribution in [-0.2, 0) is 4.74 Å². The summed E-state index contributed by atoms with van der Waals surface area (Å²) in [5, 5.41) is 16.7.